The van der Waals surface area contributed by atoms with Crippen LogP contribution in [-0.4, -0.2) is 106 Å². The molecule has 0 unspecified atom stereocenters. The minimum absolute atomic E-state index is 0.00834. The van der Waals surface area contributed by atoms with Crippen molar-refractivity contribution in [2.75, 3.05) is 67.2 Å². The van der Waals surface area contributed by atoms with Gasteiger partial charge in [0.05, 0.1) is 13.2 Å². The Balaban J connectivity index is 1.77. The van der Waals surface area contributed by atoms with Crippen LogP contribution in [0, 0.1) is 11.3 Å². The molecule has 0 bridgehead atoms. The number of halogens is 2. The molecule has 2 aliphatic heterocycles. The van der Waals surface area contributed by atoms with E-state index < -0.39 is 17.3 Å². The van der Waals surface area contributed by atoms with Gasteiger partial charge in [0.15, 0.2) is 0 Å². The van der Waals surface area contributed by atoms with E-state index in [2.05, 4.69) is 0 Å². The largest absolute Gasteiger partial charge is 0.383 e. The Morgan fingerprint density at radius 1 is 1.33 bits per heavy atom. The number of likely N-dealkylation sites (tertiary alicyclic amines) is 1. The third kappa shape index (κ3) is 4.09. The van der Waals surface area contributed by atoms with Gasteiger partial charge in [-0.3, -0.25) is 9.59 Å². The van der Waals surface area contributed by atoms with E-state index >= 15 is 0 Å². The van der Waals surface area contributed by atoms with Gasteiger partial charge < -0.3 is 24.2 Å². The monoisotopic (exact) mass is 389 g/mol. The molecule has 27 heavy (non-hydrogen) atoms. The molecule has 0 aromatic carbocycles. The van der Waals surface area contributed by atoms with Crippen molar-refractivity contribution in [3.05, 3.63) is 0 Å². The van der Waals surface area contributed by atoms with Crippen molar-refractivity contribution in [3.8, 4) is 0 Å². The first-order valence-electron chi connectivity index (χ1n) is 9.35. The average molecular weight is 389 g/mol. The van der Waals surface area contributed by atoms with Crippen molar-refractivity contribution in [3.63, 3.8) is 0 Å². The Labute approximate surface area is 158 Å². The van der Waals surface area contributed by atoms with Crippen molar-refractivity contribution in [1.82, 2.24) is 14.7 Å². The van der Waals surface area contributed by atoms with Crippen LogP contribution in [0.4, 0.5) is 8.78 Å². The Bertz CT molecular complexity index is 581. The summed E-state index contributed by atoms with van der Waals surface area (Å²) in [4.78, 5) is 30.6. The second-order valence-corrected chi connectivity index (χ2v) is 8.32. The maximum Gasteiger partial charge on any atom is 0.249 e. The third-order valence-electron chi connectivity index (χ3n) is 6.02. The van der Waals surface area contributed by atoms with E-state index in [9.17, 15) is 18.4 Å². The number of carbonyl (C=O) groups is 2. The van der Waals surface area contributed by atoms with Crippen LogP contribution in [0.1, 0.15) is 12.8 Å². The molecular weight excluding hydrogens is 360 g/mol. The van der Waals surface area contributed by atoms with Crippen LogP contribution >= 0.6 is 0 Å². The lowest BCUT2D eigenvalue weighted by molar-refractivity contribution is -0.159. The molecular formula is C18H29F2N3O4. The number of ether oxygens (including phenoxy) is 2. The third-order valence-corrected chi connectivity index (χ3v) is 6.02. The van der Waals surface area contributed by atoms with Crippen LogP contribution in [0.25, 0.3) is 0 Å². The van der Waals surface area contributed by atoms with Gasteiger partial charge in [0, 0.05) is 63.5 Å². The van der Waals surface area contributed by atoms with Gasteiger partial charge in [-0.25, -0.2) is 8.78 Å². The first-order chi connectivity index (χ1) is 12.7. The molecule has 1 saturated carbocycles. The van der Waals surface area contributed by atoms with Gasteiger partial charge in [-0.1, -0.05) is 0 Å². The van der Waals surface area contributed by atoms with Gasteiger partial charge in [0.25, 0.3) is 0 Å². The lowest BCUT2D eigenvalue weighted by Crippen LogP contribution is -2.52. The smallest absolute Gasteiger partial charge is 0.249 e. The molecule has 2 saturated heterocycles. The van der Waals surface area contributed by atoms with Gasteiger partial charge >= 0.3 is 0 Å². The highest BCUT2D eigenvalue weighted by molar-refractivity contribution is 5.81. The SMILES string of the molecule is COCCN1C[C@]2(COCC1=O)CN(C(=O)C1CC(F)(F)C1)C[C@H]2N(C)C. The number of amides is 2. The Morgan fingerprint density at radius 3 is 2.63 bits per heavy atom. The van der Waals surface area contributed by atoms with E-state index in [0.29, 0.717) is 39.4 Å². The highest BCUT2D eigenvalue weighted by atomic mass is 19.3. The summed E-state index contributed by atoms with van der Waals surface area (Å²) in [6, 6.07) is -0.0158. The first-order valence-corrected chi connectivity index (χ1v) is 9.35. The van der Waals surface area contributed by atoms with E-state index in [4.69, 9.17) is 9.47 Å². The van der Waals surface area contributed by atoms with Gasteiger partial charge in [-0.2, -0.15) is 0 Å². The van der Waals surface area contributed by atoms with Crippen LogP contribution in [0.2, 0.25) is 0 Å². The van der Waals surface area contributed by atoms with E-state index in [0.717, 1.165) is 0 Å². The summed E-state index contributed by atoms with van der Waals surface area (Å²) in [6.45, 7) is 2.58. The van der Waals surface area contributed by atoms with Crippen LogP contribution in [-0.2, 0) is 19.1 Å². The summed E-state index contributed by atoms with van der Waals surface area (Å²) in [6.07, 6.45) is -0.728. The molecule has 2 heterocycles. The zero-order chi connectivity index (χ0) is 19.8. The first kappa shape index (κ1) is 20.4. The Hall–Kier alpha value is -1.32. The van der Waals surface area contributed by atoms with E-state index in [1.54, 1.807) is 16.9 Å². The minimum Gasteiger partial charge on any atom is -0.383 e. The molecule has 3 fully saturated rings. The predicted octanol–water partition coefficient (Wildman–Crippen LogP) is 0.296. The number of nitrogens with zero attached hydrogens (tertiary/aromatic N) is 3. The summed E-state index contributed by atoms with van der Waals surface area (Å²) in [5, 5.41) is 0. The summed E-state index contributed by atoms with van der Waals surface area (Å²) in [5.74, 6) is -3.61. The Morgan fingerprint density at radius 2 is 2.04 bits per heavy atom. The lowest BCUT2D eigenvalue weighted by Gasteiger charge is -2.39. The molecule has 0 radical (unpaired) electrons. The number of carbonyl (C=O) groups excluding carboxylic acids is 2. The number of rotatable bonds is 5. The molecule has 0 N–H and O–H groups in total. The normalized spacial score (nSPS) is 31.5. The summed E-state index contributed by atoms with van der Waals surface area (Å²) >= 11 is 0. The molecule has 9 heteroatoms. The lowest BCUT2D eigenvalue weighted by atomic mass is 9.80. The van der Waals surface area contributed by atoms with Crippen molar-refractivity contribution in [2.45, 2.75) is 24.8 Å². The number of hydrogen-bond donors (Lipinski definition) is 0. The molecule has 2 atom stereocenters. The number of hydrogen-bond acceptors (Lipinski definition) is 5. The number of alkyl halides is 2. The fraction of sp³-hybridized carbons (Fsp3) is 0.889. The van der Waals surface area contributed by atoms with E-state index in [-0.39, 0.29) is 37.3 Å². The van der Waals surface area contributed by atoms with Crippen LogP contribution < -0.4 is 0 Å². The predicted molar refractivity (Wildman–Crippen MR) is 93.4 cm³/mol. The zero-order valence-electron chi connectivity index (χ0n) is 16.2. The summed E-state index contributed by atoms with van der Waals surface area (Å²) in [7, 11) is 5.45. The highest BCUT2D eigenvalue weighted by Gasteiger charge is 2.55. The van der Waals surface area contributed by atoms with Crippen LogP contribution in [0.5, 0.6) is 0 Å². The quantitative estimate of drug-likeness (QED) is 0.677. The fourth-order valence-corrected chi connectivity index (χ4v) is 4.57. The topological polar surface area (TPSA) is 62.3 Å². The summed E-state index contributed by atoms with van der Waals surface area (Å²) in [5.41, 5.74) is -0.439. The van der Waals surface area contributed by atoms with Crippen molar-refractivity contribution in [1.29, 1.82) is 0 Å². The van der Waals surface area contributed by atoms with Crippen molar-refractivity contribution in [2.24, 2.45) is 11.3 Å². The van der Waals surface area contributed by atoms with Crippen molar-refractivity contribution < 1.29 is 27.8 Å². The molecule has 0 aromatic rings. The Kier molecular flexibility index (Phi) is 5.74. The van der Waals surface area contributed by atoms with Crippen LogP contribution in [0.15, 0.2) is 0 Å². The van der Waals surface area contributed by atoms with Crippen molar-refractivity contribution >= 4 is 11.8 Å². The second kappa shape index (κ2) is 7.60. The van der Waals surface area contributed by atoms with E-state index in [1.807, 2.05) is 19.0 Å². The molecule has 2 amide bonds. The standard InChI is InChI=1S/C18H29F2N3O4/c1-21(2)14-8-23(16(25)13-6-18(19,20)7-13)11-17(14)10-22(4-5-26-3)15(24)9-27-12-17/h13-14H,4-12H2,1-3H3/t14-,17-/m1/s1. The minimum atomic E-state index is -2.71. The average Bonchev–Trinajstić information content (AvgIpc) is 2.87. The fourth-order valence-electron chi connectivity index (χ4n) is 4.57. The van der Waals surface area contributed by atoms with Gasteiger partial charge in [0.2, 0.25) is 17.7 Å². The van der Waals surface area contributed by atoms with Gasteiger partial charge in [0.1, 0.15) is 6.61 Å². The molecule has 154 valence electrons. The van der Waals surface area contributed by atoms with Gasteiger partial charge in [-0.05, 0) is 14.1 Å². The summed E-state index contributed by atoms with van der Waals surface area (Å²) < 4.78 is 37.2. The second-order valence-electron chi connectivity index (χ2n) is 8.32. The molecule has 1 spiro atoms. The van der Waals surface area contributed by atoms with Crippen LogP contribution in [0.3, 0.4) is 0 Å². The molecule has 0 aromatic heterocycles. The number of likely N-dealkylation sites (N-methyl/N-ethyl adjacent to an activating group) is 1. The number of methoxy groups -OCH3 is 1. The highest BCUT2D eigenvalue weighted by Crippen LogP contribution is 2.45. The maximum absolute atomic E-state index is 13.2. The maximum atomic E-state index is 13.2. The zero-order valence-corrected chi connectivity index (χ0v) is 16.2. The van der Waals surface area contributed by atoms with Gasteiger partial charge in [-0.15, -0.1) is 0 Å². The molecule has 7 nitrogen and oxygen atoms in total. The molecule has 1 aliphatic carbocycles. The molecule has 3 rings (SSSR count). The van der Waals surface area contributed by atoms with E-state index in [1.165, 1.54) is 0 Å². The molecule has 3 aliphatic rings.